The van der Waals surface area contributed by atoms with Crippen LogP contribution in [0.1, 0.15) is 35.9 Å². The molecule has 0 radical (unpaired) electrons. The van der Waals surface area contributed by atoms with Crippen LogP contribution in [0.4, 0.5) is 11.5 Å². The second kappa shape index (κ2) is 6.91. The summed E-state index contributed by atoms with van der Waals surface area (Å²) in [6, 6.07) is 6.67. The number of carbonyl (C=O) groups excluding carboxylic acids is 2. The average Bonchev–Trinajstić information content (AvgIpc) is 2.90. The Kier molecular flexibility index (Phi) is 4.95. The zero-order valence-corrected chi connectivity index (χ0v) is 13.2. The Hall–Kier alpha value is -2.90. The van der Waals surface area contributed by atoms with E-state index in [9.17, 15) is 9.59 Å². The Morgan fingerprint density at radius 2 is 2.09 bits per heavy atom. The highest BCUT2D eigenvalue weighted by Crippen LogP contribution is 2.19. The van der Waals surface area contributed by atoms with E-state index in [-0.39, 0.29) is 24.0 Å². The predicted octanol–water partition coefficient (Wildman–Crippen LogP) is 1.55. The predicted molar refractivity (Wildman–Crippen MR) is 84.9 cm³/mol. The third kappa shape index (κ3) is 3.47. The van der Waals surface area contributed by atoms with Gasteiger partial charge in [0.1, 0.15) is 6.04 Å². The molecule has 0 aliphatic rings. The number of aromatic nitrogens is 3. The normalized spacial score (nSPS) is 11.8. The molecule has 1 heterocycles. The van der Waals surface area contributed by atoms with Crippen LogP contribution >= 0.6 is 0 Å². The number of rotatable bonds is 5. The van der Waals surface area contributed by atoms with Crippen molar-refractivity contribution in [2.45, 2.75) is 26.8 Å². The average molecular weight is 317 g/mol. The summed E-state index contributed by atoms with van der Waals surface area (Å²) in [5.74, 6) is -0.982. The molecule has 2 aromatic rings. The molecule has 0 aliphatic carbocycles. The van der Waals surface area contributed by atoms with Crippen LogP contribution in [0.2, 0.25) is 0 Å². The first-order chi connectivity index (χ1) is 11.0. The van der Waals surface area contributed by atoms with Gasteiger partial charge in [-0.05, 0) is 32.4 Å². The first-order valence-corrected chi connectivity index (χ1v) is 7.20. The van der Waals surface area contributed by atoms with Crippen LogP contribution < -0.4 is 11.1 Å². The lowest BCUT2D eigenvalue weighted by atomic mass is 10.2. The number of esters is 1. The minimum atomic E-state index is -0.731. The monoisotopic (exact) mass is 317 g/mol. The van der Waals surface area contributed by atoms with Crippen LogP contribution in [0.25, 0.3) is 0 Å². The number of nitrogen functional groups attached to an aromatic ring is 1. The van der Waals surface area contributed by atoms with Gasteiger partial charge in [-0.2, -0.15) is 0 Å². The van der Waals surface area contributed by atoms with Crippen molar-refractivity contribution in [2.24, 2.45) is 0 Å². The van der Waals surface area contributed by atoms with Crippen molar-refractivity contribution >= 4 is 23.4 Å². The largest absolute Gasteiger partial charge is 0.461 e. The first kappa shape index (κ1) is 16.5. The molecule has 3 N–H and O–H groups in total. The third-order valence-electron chi connectivity index (χ3n) is 3.35. The van der Waals surface area contributed by atoms with E-state index in [2.05, 4.69) is 15.6 Å². The Bertz CT molecular complexity index is 726. The number of ether oxygens (including phenoxy) is 1. The van der Waals surface area contributed by atoms with Crippen molar-refractivity contribution in [1.29, 1.82) is 0 Å². The van der Waals surface area contributed by atoms with Gasteiger partial charge in [0.05, 0.1) is 6.61 Å². The number of aryl methyl sites for hydroxylation is 1. The maximum Gasteiger partial charge on any atom is 0.362 e. The standard InChI is InChI=1S/C15H19N5O3/c1-4-23-15(22)12-13(16)20(19-18-12)10(3)14(21)17-11-8-6-5-7-9(11)2/h5-8,10H,4,16H2,1-3H3,(H,17,21). The van der Waals surface area contributed by atoms with Crippen molar-refractivity contribution in [3.63, 3.8) is 0 Å². The minimum Gasteiger partial charge on any atom is -0.461 e. The Morgan fingerprint density at radius 3 is 2.74 bits per heavy atom. The number of para-hydroxylation sites is 1. The summed E-state index contributed by atoms with van der Waals surface area (Å²) in [6.07, 6.45) is 0. The second-order valence-electron chi connectivity index (χ2n) is 4.97. The molecule has 122 valence electrons. The lowest BCUT2D eigenvalue weighted by molar-refractivity contribution is -0.119. The lowest BCUT2D eigenvalue weighted by Gasteiger charge is -2.14. The number of anilines is 2. The molecule has 1 aromatic carbocycles. The van der Waals surface area contributed by atoms with Gasteiger partial charge in [-0.25, -0.2) is 9.48 Å². The molecular weight excluding hydrogens is 298 g/mol. The fourth-order valence-electron chi connectivity index (χ4n) is 1.99. The van der Waals surface area contributed by atoms with Gasteiger partial charge in [0, 0.05) is 5.69 Å². The van der Waals surface area contributed by atoms with E-state index in [1.165, 1.54) is 4.68 Å². The molecule has 0 spiro atoms. The van der Waals surface area contributed by atoms with Gasteiger partial charge < -0.3 is 15.8 Å². The van der Waals surface area contributed by atoms with E-state index in [4.69, 9.17) is 10.5 Å². The van der Waals surface area contributed by atoms with Gasteiger partial charge in [-0.3, -0.25) is 4.79 Å². The number of benzene rings is 1. The van der Waals surface area contributed by atoms with Gasteiger partial charge in [-0.1, -0.05) is 23.4 Å². The number of carbonyl (C=O) groups is 2. The molecule has 0 fully saturated rings. The molecule has 8 heteroatoms. The zero-order chi connectivity index (χ0) is 17.0. The van der Waals surface area contributed by atoms with E-state index < -0.39 is 12.0 Å². The highest BCUT2D eigenvalue weighted by molar-refractivity contribution is 5.95. The van der Waals surface area contributed by atoms with Gasteiger partial charge in [-0.15, -0.1) is 5.10 Å². The lowest BCUT2D eigenvalue weighted by Crippen LogP contribution is -2.26. The maximum atomic E-state index is 12.4. The molecule has 0 saturated carbocycles. The second-order valence-corrected chi connectivity index (χ2v) is 4.97. The van der Waals surface area contributed by atoms with E-state index in [1.807, 2.05) is 25.1 Å². The number of hydrogen-bond donors (Lipinski definition) is 2. The molecule has 23 heavy (non-hydrogen) atoms. The third-order valence-corrected chi connectivity index (χ3v) is 3.35. The summed E-state index contributed by atoms with van der Waals surface area (Å²) in [4.78, 5) is 24.0. The molecule has 1 atom stereocenters. The van der Waals surface area contributed by atoms with Crippen LogP contribution in [0.3, 0.4) is 0 Å². The topological polar surface area (TPSA) is 112 Å². The fraction of sp³-hybridized carbons (Fsp3) is 0.333. The van der Waals surface area contributed by atoms with Crippen molar-refractivity contribution in [2.75, 3.05) is 17.7 Å². The van der Waals surface area contributed by atoms with Gasteiger partial charge in [0.2, 0.25) is 11.6 Å². The van der Waals surface area contributed by atoms with Gasteiger partial charge in [0.15, 0.2) is 5.82 Å². The minimum absolute atomic E-state index is 0.00381. The Balaban J connectivity index is 2.17. The van der Waals surface area contributed by atoms with E-state index in [0.717, 1.165) is 5.56 Å². The molecule has 0 aliphatic heterocycles. The van der Waals surface area contributed by atoms with Crippen molar-refractivity contribution in [3.05, 3.63) is 35.5 Å². The van der Waals surface area contributed by atoms with Crippen LogP contribution in [0, 0.1) is 6.92 Å². The van der Waals surface area contributed by atoms with Crippen LogP contribution in [0.15, 0.2) is 24.3 Å². The Morgan fingerprint density at radius 1 is 1.39 bits per heavy atom. The number of hydrogen-bond acceptors (Lipinski definition) is 6. The summed E-state index contributed by atoms with van der Waals surface area (Å²) in [6.45, 7) is 5.39. The molecule has 0 saturated heterocycles. The maximum absolute atomic E-state index is 12.4. The fourth-order valence-corrected chi connectivity index (χ4v) is 1.99. The SMILES string of the molecule is CCOC(=O)c1nnn(C(C)C(=O)Nc2ccccc2C)c1N. The molecule has 0 bridgehead atoms. The molecular formula is C15H19N5O3. The summed E-state index contributed by atoms with van der Waals surface area (Å²) in [5.41, 5.74) is 7.40. The number of amides is 1. The van der Waals surface area contributed by atoms with Crippen molar-refractivity contribution < 1.29 is 14.3 Å². The number of nitrogens with one attached hydrogen (secondary N) is 1. The highest BCUT2D eigenvalue weighted by Gasteiger charge is 2.25. The summed E-state index contributed by atoms with van der Waals surface area (Å²) in [7, 11) is 0. The van der Waals surface area contributed by atoms with Crippen LogP contribution in [-0.4, -0.2) is 33.5 Å². The van der Waals surface area contributed by atoms with Crippen LogP contribution in [-0.2, 0) is 9.53 Å². The first-order valence-electron chi connectivity index (χ1n) is 7.20. The Labute approximate surface area is 133 Å². The summed E-state index contributed by atoms with van der Waals surface area (Å²) in [5, 5.41) is 10.3. The quantitative estimate of drug-likeness (QED) is 0.809. The smallest absolute Gasteiger partial charge is 0.362 e. The van der Waals surface area contributed by atoms with E-state index in [1.54, 1.807) is 19.9 Å². The van der Waals surface area contributed by atoms with Gasteiger partial charge >= 0.3 is 5.97 Å². The summed E-state index contributed by atoms with van der Waals surface area (Å²) < 4.78 is 6.03. The molecule has 1 amide bonds. The number of nitrogens with two attached hydrogens (primary N) is 1. The van der Waals surface area contributed by atoms with Crippen molar-refractivity contribution in [3.8, 4) is 0 Å². The molecule has 1 unspecified atom stereocenters. The molecule has 1 aromatic heterocycles. The van der Waals surface area contributed by atoms with Gasteiger partial charge in [0.25, 0.3) is 0 Å². The summed E-state index contributed by atoms with van der Waals surface area (Å²) >= 11 is 0. The van der Waals surface area contributed by atoms with E-state index >= 15 is 0 Å². The van der Waals surface area contributed by atoms with Crippen molar-refractivity contribution in [1.82, 2.24) is 15.0 Å². The zero-order valence-electron chi connectivity index (χ0n) is 13.2. The highest BCUT2D eigenvalue weighted by atomic mass is 16.5. The van der Waals surface area contributed by atoms with E-state index in [0.29, 0.717) is 5.69 Å². The number of nitrogens with zero attached hydrogens (tertiary/aromatic N) is 3. The molecule has 8 nitrogen and oxygen atoms in total. The van der Waals surface area contributed by atoms with Crippen LogP contribution in [0.5, 0.6) is 0 Å². The molecule has 2 rings (SSSR count).